The molecule has 7 nitrogen and oxygen atoms in total. The van der Waals surface area contributed by atoms with Crippen LogP contribution in [0.5, 0.6) is 0 Å². The first-order chi connectivity index (χ1) is 10.9. The SMILES string of the molecule is NC(=O)[C@@H](N)CC(C(=O)O)C(=O)c1ccc(-c2ccccc2)o1. The quantitative estimate of drug-likeness (QED) is 0.515. The van der Waals surface area contributed by atoms with Gasteiger partial charge in [0.15, 0.2) is 5.76 Å². The van der Waals surface area contributed by atoms with Crippen LogP contribution in [-0.2, 0) is 9.59 Å². The Morgan fingerprint density at radius 2 is 1.74 bits per heavy atom. The van der Waals surface area contributed by atoms with Crippen molar-refractivity contribution in [3.63, 3.8) is 0 Å². The van der Waals surface area contributed by atoms with Gasteiger partial charge in [-0.3, -0.25) is 14.4 Å². The number of rotatable bonds is 7. The first-order valence-electron chi connectivity index (χ1n) is 6.87. The number of benzene rings is 1. The molecule has 7 heteroatoms. The van der Waals surface area contributed by atoms with Crippen LogP contribution in [0, 0.1) is 5.92 Å². The molecule has 0 saturated heterocycles. The molecule has 0 radical (unpaired) electrons. The maximum Gasteiger partial charge on any atom is 0.314 e. The summed E-state index contributed by atoms with van der Waals surface area (Å²) in [6.07, 6.45) is -0.384. The van der Waals surface area contributed by atoms with E-state index in [-0.39, 0.29) is 12.2 Å². The lowest BCUT2D eigenvalue weighted by Crippen LogP contribution is -2.41. The number of carboxylic acid groups (broad SMARTS) is 1. The van der Waals surface area contributed by atoms with Gasteiger partial charge in [0.05, 0.1) is 6.04 Å². The molecule has 0 saturated carbocycles. The Morgan fingerprint density at radius 3 is 2.30 bits per heavy atom. The van der Waals surface area contributed by atoms with Crippen molar-refractivity contribution >= 4 is 17.7 Å². The van der Waals surface area contributed by atoms with Crippen LogP contribution in [0.15, 0.2) is 46.9 Å². The Balaban J connectivity index is 2.22. The number of carbonyl (C=O) groups is 3. The van der Waals surface area contributed by atoms with Gasteiger partial charge >= 0.3 is 5.97 Å². The molecule has 1 amide bonds. The second kappa shape index (κ2) is 6.89. The maximum absolute atomic E-state index is 12.3. The monoisotopic (exact) mass is 316 g/mol. The molecule has 1 heterocycles. The van der Waals surface area contributed by atoms with E-state index in [1.54, 1.807) is 18.2 Å². The molecule has 120 valence electrons. The van der Waals surface area contributed by atoms with E-state index >= 15 is 0 Å². The molecule has 23 heavy (non-hydrogen) atoms. The average molecular weight is 316 g/mol. The van der Waals surface area contributed by atoms with E-state index in [4.69, 9.17) is 15.9 Å². The summed E-state index contributed by atoms with van der Waals surface area (Å²) in [5.41, 5.74) is 11.2. The first kappa shape index (κ1) is 16.4. The van der Waals surface area contributed by atoms with Crippen LogP contribution in [0.4, 0.5) is 0 Å². The van der Waals surface area contributed by atoms with Gasteiger partial charge in [0, 0.05) is 5.56 Å². The smallest absolute Gasteiger partial charge is 0.314 e. The topological polar surface area (TPSA) is 137 Å². The Kier molecular flexibility index (Phi) is 4.92. The number of amides is 1. The number of hydrogen-bond donors (Lipinski definition) is 3. The van der Waals surface area contributed by atoms with Gasteiger partial charge in [-0.1, -0.05) is 30.3 Å². The minimum Gasteiger partial charge on any atom is -0.481 e. The highest BCUT2D eigenvalue weighted by Crippen LogP contribution is 2.24. The molecule has 1 aromatic heterocycles. The number of furan rings is 1. The Bertz CT molecular complexity index is 723. The number of nitrogens with two attached hydrogens (primary N) is 2. The van der Waals surface area contributed by atoms with Crippen LogP contribution in [-0.4, -0.2) is 28.8 Å². The fraction of sp³-hybridized carbons (Fsp3) is 0.188. The molecule has 0 aliphatic carbocycles. The van der Waals surface area contributed by atoms with Crippen molar-refractivity contribution in [1.29, 1.82) is 0 Å². The summed E-state index contributed by atoms with van der Waals surface area (Å²) in [7, 11) is 0. The molecule has 0 fully saturated rings. The molecule has 2 aromatic rings. The third-order valence-electron chi connectivity index (χ3n) is 3.38. The van der Waals surface area contributed by atoms with Crippen molar-refractivity contribution < 1.29 is 23.9 Å². The second-order valence-electron chi connectivity index (χ2n) is 5.03. The van der Waals surface area contributed by atoms with Crippen molar-refractivity contribution in [1.82, 2.24) is 0 Å². The van der Waals surface area contributed by atoms with Crippen molar-refractivity contribution in [3.8, 4) is 11.3 Å². The molecule has 0 bridgehead atoms. The van der Waals surface area contributed by atoms with Gasteiger partial charge < -0.3 is 21.0 Å². The second-order valence-corrected chi connectivity index (χ2v) is 5.03. The van der Waals surface area contributed by atoms with Gasteiger partial charge in [-0.15, -0.1) is 0 Å². The van der Waals surface area contributed by atoms with Crippen molar-refractivity contribution in [2.24, 2.45) is 17.4 Å². The molecule has 0 aliphatic rings. The van der Waals surface area contributed by atoms with Gasteiger partial charge in [-0.05, 0) is 18.6 Å². The van der Waals surface area contributed by atoms with E-state index in [0.717, 1.165) is 5.56 Å². The summed E-state index contributed by atoms with van der Waals surface area (Å²) >= 11 is 0. The van der Waals surface area contributed by atoms with E-state index in [1.165, 1.54) is 6.07 Å². The van der Waals surface area contributed by atoms with Gasteiger partial charge in [0.2, 0.25) is 11.7 Å². The lowest BCUT2D eigenvalue weighted by molar-refractivity contribution is -0.140. The Morgan fingerprint density at radius 1 is 1.09 bits per heavy atom. The molecule has 2 atom stereocenters. The summed E-state index contributed by atoms with van der Waals surface area (Å²) in [5, 5.41) is 9.19. The van der Waals surface area contributed by atoms with Crippen LogP contribution < -0.4 is 11.5 Å². The number of carboxylic acids is 1. The van der Waals surface area contributed by atoms with Crippen LogP contribution in [0.2, 0.25) is 0 Å². The fourth-order valence-electron chi connectivity index (χ4n) is 2.09. The molecule has 0 aliphatic heterocycles. The predicted molar refractivity (Wildman–Crippen MR) is 81.4 cm³/mol. The predicted octanol–water partition coefficient (Wildman–Crippen LogP) is 1.03. The highest BCUT2D eigenvalue weighted by molar-refractivity contribution is 6.07. The van der Waals surface area contributed by atoms with Gasteiger partial charge in [-0.25, -0.2) is 0 Å². The summed E-state index contributed by atoms with van der Waals surface area (Å²) < 4.78 is 5.43. The zero-order chi connectivity index (χ0) is 17.0. The average Bonchev–Trinajstić information content (AvgIpc) is 3.02. The molecular weight excluding hydrogens is 300 g/mol. The van der Waals surface area contributed by atoms with E-state index in [1.807, 2.05) is 18.2 Å². The standard InChI is InChI=1S/C16H16N2O5/c17-11(15(18)20)8-10(16(21)22)14(19)13-7-6-12(23-13)9-4-2-1-3-5-9/h1-7,10-11H,8,17H2,(H2,18,20)(H,21,22)/t10?,11-/m0/s1. The number of Topliss-reactive ketones (excluding diaryl/α,β-unsaturated/α-hetero) is 1. The largest absolute Gasteiger partial charge is 0.481 e. The number of hydrogen-bond acceptors (Lipinski definition) is 5. The fourth-order valence-corrected chi connectivity index (χ4v) is 2.09. The van der Waals surface area contributed by atoms with Gasteiger partial charge in [0.25, 0.3) is 0 Å². The molecule has 5 N–H and O–H groups in total. The molecule has 2 rings (SSSR count). The van der Waals surface area contributed by atoms with Crippen molar-refractivity contribution in [3.05, 3.63) is 48.2 Å². The van der Waals surface area contributed by atoms with E-state index in [9.17, 15) is 19.5 Å². The zero-order valence-electron chi connectivity index (χ0n) is 12.1. The highest BCUT2D eigenvalue weighted by atomic mass is 16.4. The van der Waals surface area contributed by atoms with E-state index < -0.39 is 29.6 Å². The van der Waals surface area contributed by atoms with Crippen LogP contribution in [0.1, 0.15) is 17.0 Å². The third-order valence-corrected chi connectivity index (χ3v) is 3.38. The number of primary amides is 1. The summed E-state index contributed by atoms with van der Waals surface area (Å²) in [6.45, 7) is 0. The van der Waals surface area contributed by atoms with E-state index in [2.05, 4.69) is 0 Å². The minimum absolute atomic E-state index is 0.104. The number of carbonyl (C=O) groups excluding carboxylic acids is 2. The first-order valence-corrected chi connectivity index (χ1v) is 6.87. The summed E-state index contributed by atoms with van der Waals surface area (Å²) in [5.74, 6) is -4.16. The minimum atomic E-state index is -1.49. The van der Waals surface area contributed by atoms with Crippen molar-refractivity contribution in [2.75, 3.05) is 0 Å². The van der Waals surface area contributed by atoms with Crippen LogP contribution in [0.25, 0.3) is 11.3 Å². The molecule has 0 spiro atoms. The molecule has 1 aromatic carbocycles. The number of ketones is 1. The zero-order valence-corrected chi connectivity index (χ0v) is 12.1. The van der Waals surface area contributed by atoms with Gasteiger partial charge in [0.1, 0.15) is 11.7 Å². The van der Waals surface area contributed by atoms with Crippen molar-refractivity contribution in [2.45, 2.75) is 12.5 Å². The van der Waals surface area contributed by atoms with Gasteiger partial charge in [-0.2, -0.15) is 0 Å². The number of aliphatic carboxylic acids is 1. The lowest BCUT2D eigenvalue weighted by atomic mass is 9.94. The summed E-state index contributed by atoms with van der Waals surface area (Å²) in [4.78, 5) is 34.6. The van der Waals surface area contributed by atoms with Crippen LogP contribution >= 0.6 is 0 Å². The normalized spacial score (nSPS) is 13.3. The van der Waals surface area contributed by atoms with Crippen LogP contribution in [0.3, 0.4) is 0 Å². The highest BCUT2D eigenvalue weighted by Gasteiger charge is 2.32. The van der Waals surface area contributed by atoms with E-state index in [0.29, 0.717) is 5.76 Å². The molecule has 1 unspecified atom stereocenters. The molecular formula is C16H16N2O5. The Labute approximate surface area is 131 Å². The lowest BCUT2D eigenvalue weighted by Gasteiger charge is -2.13. The Hall–Kier alpha value is -2.93. The third kappa shape index (κ3) is 3.83. The summed E-state index contributed by atoms with van der Waals surface area (Å²) in [6, 6.07) is 10.8. The maximum atomic E-state index is 12.3.